The molecule has 1 aliphatic rings. The summed E-state index contributed by atoms with van der Waals surface area (Å²) in [6, 6.07) is 7.27. The van der Waals surface area contributed by atoms with E-state index in [4.69, 9.17) is 30.5 Å². The summed E-state index contributed by atoms with van der Waals surface area (Å²) in [6.07, 6.45) is 2.14. The third kappa shape index (κ3) is 7.57. The lowest BCUT2D eigenvalue weighted by Gasteiger charge is -2.15. The Bertz CT molecular complexity index is 472. The van der Waals surface area contributed by atoms with Gasteiger partial charge in [-0.25, -0.2) is 0 Å². The molecule has 1 saturated carbocycles. The van der Waals surface area contributed by atoms with Crippen LogP contribution in [0.3, 0.4) is 0 Å². The number of hydrogen-bond donors (Lipinski definition) is 0. The van der Waals surface area contributed by atoms with E-state index < -0.39 is 6.10 Å². The summed E-state index contributed by atoms with van der Waals surface area (Å²) in [7, 11) is 0. The zero-order chi connectivity index (χ0) is 16.5. The van der Waals surface area contributed by atoms with Crippen molar-refractivity contribution in [1.29, 1.82) is 0 Å². The molecule has 0 spiro atoms. The van der Waals surface area contributed by atoms with Crippen LogP contribution in [-0.2, 0) is 14.3 Å². The molecular weight excluding hydrogens is 320 g/mol. The Morgan fingerprint density at radius 1 is 1.17 bits per heavy atom. The summed E-state index contributed by atoms with van der Waals surface area (Å²) < 4.78 is 21.7. The van der Waals surface area contributed by atoms with Crippen LogP contribution in [0.15, 0.2) is 24.3 Å². The van der Waals surface area contributed by atoms with Crippen molar-refractivity contribution in [3.8, 4) is 11.5 Å². The molecule has 23 heavy (non-hydrogen) atoms. The second kappa shape index (κ2) is 9.63. The van der Waals surface area contributed by atoms with Crippen molar-refractivity contribution in [2.24, 2.45) is 5.92 Å². The second-order valence-electron chi connectivity index (χ2n) is 5.53. The number of carbonyl (C=O) groups excluding carboxylic acids is 1. The maximum atomic E-state index is 10.9. The molecule has 6 heteroatoms. The number of halogens is 1. The minimum Gasteiger partial charge on any atom is -0.491 e. The SMILES string of the molecule is CC(=O)OC(CCl)COc1ccc(OCCOCC2CC2)cc1. The van der Waals surface area contributed by atoms with E-state index in [1.807, 2.05) is 12.1 Å². The van der Waals surface area contributed by atoms with Gasteiger partial charge in [0.15, 0.2) is 0 Å². The Labute approximate surface area is 141 Å². The molecular formula is C17H23ClO5. The molecule has 1 aliphatic carbocycles. The van der Waals surface area contributed by atoms with Gasteiger partial charge in [-0.3, -0.25) is 4.79 Å². The molecule has 0 saturated heterocycles. The first-order chi connectivity index (χ1) is 11.2. The fourth-order valence-corrected chi connectivity index (χ4v) is 2.07. The van der Waals surface area contributed by atoms with E-state index in [1.54, 1.807) is 12.1 Å². The van der Waals surface area contributed by atoms with E-state index in [-0.39, 0.29) is 18.5 Å². The molecule has 0 N–H and O–H groups in total. The zero-order valence-corrected chi connectivity index (χ0v) is 14.1. The highest BCUT2D eigenvalue weighted by atomic mass is 35.5. The minimum atomic E-state index is -0.450. The van der Waals surface area contributed by atoms with Crippen LogP contribution in [-0.4, -0.2) is 44.4 Å². The Balaban J connectivity index is 1.63. The summed E-state index contributed by atoms with van der Waals surface area (Å²) in [4.78, 5) is 10.9. The summed E-state index contributed by atoms with van der Waals surface area (Å²) in [5.74, 6) is 2.04. The van der Waals surface area contributed by atoms with Crippen LogP contribution < -0.4 is 9.47 Å². The van der Waals surface area contributed by atoms with Gasteiger partial charge in [-0.1, -0.05) is 0 Å². The normalized spacial score (nSPS) is 15.0. The summed E-state index contributed by atoms with van der Waals surface area (Å²) in [6.45, 7) is 3.56. The van der Waals surface area contributed by atoms with E-state index in [2.05, 4.69) is 0 Å². The van der Waals surface area contributed by atoms with Gasteiger partial charge in [0.1, 0.15) is 30.8 Å². The molecule has 0 aromatic heterocycles. The van der Waals surface area contributed by atoms with Gasteiger partial charge in [-0.15, -0.1) is 11.6 Å². The van der Waals surface area contributed by atoms with Crippen molar-refractivity contribution >= 4 is 17.6 Å². The summed E-state index contributed by atoms with van der Waals surface area (Å²) in [5.41, 5.74) is 0. The van der Waals surface area contributed by atoms with Crippen LogP contribution in [0.5, 0.6) is 11.5 Å². The number of benzene rings is 1. The molecule has 1 atom stereocenters. The maximum absolute atomic E-state index is 10.9. The molecule has 0 heterocycles. The number of hydrogen-bond acceptors (Lipinski definition) is 5. The molecule has 1 aromatic rings. The fourth-order valence-electron chi connectivity index (χ4n) is 1.92. The van der Waals surface area contributed by atoms with Crippen molar-refractivity contribution < 1.29 is 23.7 Å². The Morgan fingerprint density at radius 3 is 2.39 bits per heavy atom. The maximum Gasteiger partial charge on any atom is 0.303 e. The van der Waals surface area contributed by atoms with Gasteiger partial charge in [-0.2, -0.15) is 0 Å². The average molecular weight is 343 g/mol. The zero-order valence-electron chi connectivity index (χ0n) is 13.3. The standard InChI is InChI=1S/C17H23ClO5/c1-13(19)23-17(10-18)12-22-16-6-4-15(5-7-16)21-9-8-20-11-14-2-3-14/h4-7,14,17H,2-3,8-12H2,1H3. The smallest absolute Gasteiger partial charge is 0.303 e. The fraction of sp³-hybridized carbons (Fsp3) is 0.588. The van der Waals surface area contributed by atoms with Crippen LogP contribution in [0.2, 0.25) is 0 Å². The molecule has 0 radical (unpaired) electrons. The molecule has 1 unspecified atom stereocenters. The van der Waals surface area contributed by atoms with Crippen LogP contribution in [0.1, 0.15) is 19.8 Å². The largest absolute Gasteiger partial charge is 0.491 e. The van der Waals surface area contributed by atoms with Gasteiger partial charge in [0, 0.05) is 13.5 Å². The number of rotatable bonds is 11. The quantitative estimate of drug-likeness (QED) is 0.351. The first kappa shape index (κ1) is 17.9. The van der Waals surface area contributed by atoms with Gasteiger partial charge in [0.2, 0.25) is 0 Å². The van der Waals surface area contributed by atoms with E-state index in [0.29, 0.717) is 19.0 Å². The van der Waals surface area contributed by atoms with Crippen molar-refractivity contribution in [2.45, 2.75) is 25.9 Å². The molecule has 0 amide bonds. The highest BCUT2D eigenvalue weighted by Crippen LogP contribution is 2.28. The van der Waals surface area contributed by atoms with Gasteiger partial charge >= 0.3 is 5.97 Å². The second-order valence-corrected chi connectivity index (χ2v) is 5.84. The first-order valence-electron chi connectivity index (χ1n) is 7.84. The Kier molecular flexibility index (Phi) is 7.49. The van der Waals surface area contributed by atoms with Crippen LogP contribution in [0.25, 0.3) is 0 Å². The number of alkyl halides is 1. The molecule has 2 rings (SSSR count). The third-order valence-corrected chi connectivity index (χ3v) is 3.66. The first-order valence-corrected chi connectivity index (χ1v) is 8.37. The van der Waals surface area contributed by atoms with E-state index in [1.165, 1.54) is 19.8 Å². The summed E-state index contributed by atoms with van der Waals surface area (Å²) >= 11 is 5.72. The summed E-state index contributed by atoms with van der Waals surface area (Å²) in [5, 5.41) is 0. The number of ether oxygens (including phenoxy) is 4. The van der Waals surface area contributed by atoms with E-state index >= 15 is 0 Å². The third-order valence-electron chi connectivity index (χ3n) is 3.31. The molecule has 0 aliphatic heterocycles. The van der Waals surface area contributed by atoms with Gasteiger partial charge < -0.3 is 18.9 Å². The van der Waals surface area contributed by atoms with Crippen LogP contribution in [0, 0.1) is 5.92 Å². The molecule has 1 fully saturated rings. The van der Waals surface area contributed by atoms with E-state index in [9.17, 15) is 4.79 Å². The van der Waals surface area contributed by atoms with Crippen LogP contribution >= 0.6 is 11.6 Å². The topological polar surface area (TPSA) is 54.0 Å². The number of carbonyl (C=O) groups is 1. The number of esters is 1. The van der Waals surface area contributed by atoms with Crippen molar-refractivity contribution in [3.05, 3.63) is 24.3 Å². The minimum absolute atomic E-state index is 0.196. The van der Waals surface area contributed by atoms with Gasteiger partial charge in [-0.05, 0) is 43.0 Å². The molecule has 5 nitrogen and oxygen atoms in total. The van der Waals surface area contributed by atoms with E-state index in [0.717, 1.165) is 18.3 Å². The molecule has 0 bridgehead atoms. The lowest BCUT2D eigenvalue weighted by atomic mass is 10.3. The monoisotopic (exact) mass is 342 g/mol. The van der Waals surface area contributed by atoms with Gasteiger partial charge in [0.25, 0.3) is 0 Å². The highest BCUT2D eigenvalue weighted by Gasteiger charge is 2.20. The van der Waals surface area contributed by atoms with Crippen LogP contribution in [0.4, 0.5) is 0 Å². The van der Waals surface area contributed by atoms with Gasteiger partial charge in [0.05, 0.1) is 12.5 Å². The Morgan fingerprint density at radius 2 is 1.83 bits per heavy atom. The van der Waals surface area contributed by atoms with Crippen molar-refractivity contribution in [1.82, 2.24) is 0 Å². The lowest BCUT2D eigenvalue weighted by Crippen LogP contribution is -2.25. The molecule has 1 aromatic carbocycles. The highest BCUT2D eigenvalue weighted by molar-refractivity contribution is 6.18. The predicted octanol–water partition coefficient (Wildman–Crippen LogP) is 3.04. The van der Waals surface area contributed by atoms with Crippen molar-refractivity contribution in [3.63, 3.8) is 0 Å². The predicted molar refractivity (Wildman–Crippen MR) is 87.2 cm³/mol. The van der Waals surface area contributed by atoms with Crippen molar-refractivity contribution in [2.75, 3.05) is 32.3 Å². The Hall–Kier alpha value is -1.46. The molecule has 128 valence electrons. The lowest BCUT2D eigenvalue weighted by molar-refractivity contribution is -0.146. The average Bonchev–Trinajstić information content (AvgIpc) is 3.36.